The first-order valence-electron chi connectivity index (χ1n) is 7.66. The van der Waals surface area contributed by atoms with Gasteiger partial charge in [0.05, 0.1) is 6.04 Å². The Labute approximate surface area is 136 Å². The molecule has 1 aromatic carbocycles. The van der Waals surface area contributed by atoms with Gasteiger partial charge in [-0.2, -0.15) is 8.78 Å². The van der Waals surface area contributed by atoms with Crippen LogP contribution in [0.2, 0.25) is 0 Å². The van der Waals surface area contributed by atoms with Crippen LogP contribution >= 0.6 is 0 Å². The van der Waals surface area contributed by atoms with E-state index in [2.05, 4.69) is 25.1 Å². The van der Waals surface area contributed by atoms with Gasteiger partial charge in [-0.05, 0) is 49.2 Å². The van der Waals surface area contributed by atoms with Crippen LogP contribution in [-0.4, -0.2) is 34.7 Å². The van der Waals surface area contributed by atoms with E-state index in [1.807, 2.05) is 0 Å². The molecule has 1 saturated heterocycles. The second kappa shape index (κ2) is 7.37. The fourth-order valence-electron chi connectivity index (χ4n) is 2.77. The first-order valence-corrected chi connectivity index (χ1v) is 7.66. The quantitative estimate of drug-likeness (QED) is 0.451. The Bertz CT molecular complexity index is 720. The zero-order valence-corrected chi connectivity index (χ0v) is 12.8. The van der Waals surface area contributed by atoms with Crippen LogP contribution in [0.3, 0.4) is 0 Å². The lowest BCUT2D eigenvalue weighted by Gasteiger charge is -2.20. The molecule has 1 unspecified atom stereocenters. The molecule has 1 aliphatic heterocycles. The molecule has 0 bridgehead atoms. The van der Waals surface area contributed by atoms with E-state index in [-0.39, 0.29) is 11.9 Å². The van der Waals surface area contributed by atoms with Crippen LogP contribution in [0.15, 0.2) is 33.8 Å². The molecule has 0 radical (unpaired) electrons. The molecule has 0 N–H and O–H groups in total. The van der Waals surface area contributed by atoms with Crippen molar-refractivity contribution >= 4 is 0 Å². The maximum Gasteiger partial charge on any atom is 0.314 e. The van der Waals surface area contributed by atoms with E-state index in [4.69, 9.17) is 9.95 Å². The summed E-state index contributed by atoms with van der Waals surface area (Å²) in [6.45, 7) is 2.68. The van der Waals surface area contributed by atoms with Crippen molar-refractivity contribution in [3.8, 4) is 11.5 Å². The van der Waals surface area contributed by atoms with E-state index in [0.29, 0.717) is 12.1 Å². The molecule has 0 spiro atoms. The van der Waals surface area contributed by atoms with Crippen LogP contribution in [0.4, 0.5) is 8.78 Å². The average molecular weight is 334 g/mol. The summed E-state index contributed by atoms with van der Waals surface area (Å²) in [5.41, 5.74) is 10.2. The summed E-state index contributed by atoms with van der Waals surface area (Å²) >= 11 is 0. The van der Waals surface area contributed by atoms with Crippen LogP contribution in [-0.2, 0) is 0 Å². The summed E-state index contributed by atoms with van der Waals surface area (Å²) < 4.78 is 29.9. The molecule has 0 aliphatic carbocycles. The number of hydrogen-bond donors (Lipinski definition) is 0. The van der Waals surface area contributed by atoms with Crippen LogP contribution in [0.25, 0.3) is 21.9 Å². The number of hydrogen-bond acceptors (Lipinski definition) is 5. The monoisotopic (exact) mass is 334 g/mol. The number of halogens is 2. The molecule has 1 atom stereocenters. The van der Waals surface area contributed by atoms with Crippen molar-refractivity contribution in [1.82, 2.24) is 15.1 Å². The van der Waals surface area contributed by atoms with Crippen molar-refractivity contribution in [2.24, 2.45) is 5.11 Å². The van der Waals surface area contributed by atoms with Crippen LogP contribution < -0.4 is 0 Å². The minimum atomic E-state index is -2.79. The molecule has 3 rings (SSSR count). The highest BCUT2D eigenvalue weighted by atomic mass is 19.3. The molecule has 2 heterocycles. The van der Waals surface area contributed by atoms with Crippen molar-refractivity contribution in [2.45, 2.75) is 25.3 Å². The van der Waals surface area contributed by atoms with Gasteiger partial charge in [-0.3, -0.25) is 0 Å². The van der Waals surface area contributed by atoms with Gasteiger partial charge in [0.2, 0.25) is 5.89 Å². The highest BCUT2D eigenvalue weighted by molar-refractivity contribution is 5.53. The normalized spacial score (nSPS) is 16.3. The summed E-state index contributed by atoms with van der Waals surface area (Å²) in [6.07, 6.45) is -0.475. The molecular weight excluding hydrogens is 318 g/mol. The standard InChI is InChI=1S/C15H16F2N6O/c16-13(17)15-21-20-14(24-15)11-5-3-10(4-6-11)12(19-22-18)9-23-7-1-2-8-23/h3-6,12-13H,1-2,7-9H2. The largest absolute Gasteiger partial charge is 0.415 e. The number of alkyl halides is 2. The van der Waals surface area contributed by atoms with E-state index >= 15 is 0 Å². The Morgan fingerprint density at radius 3 is 2.50 bits per heavy atom. The van der Waals surface area contributed by atoms with Gasteiger partial charge in [0.15, 0.2) is 0 Å². The van der Waals surface area contributed by atoms with Gasteiger partial charge in [0.25, 0.3) is 5.89 Å². The molecule has 0 amide bonds. The highest BCUT2D eigenvalue weighted by Gasteiger charge is 2.19. The van der Waals surface area contributed by atoms with E-state index < -0.39 is 12.3 Å². The molecule has 24 heavy (non-hydrogen) atoms. The average Bonchev–Trinajstić information content (AvgIpc) is 3.26. The number of azide groups is 1. The zero-order valence-electron chi connectivity index (χ0n) is 12.8. The molecule has 126 valence electrons. The zero-order chi connectivity index (χ0) is 16.9. The topological polar surface area (TPSA) is 90.9 Å². The molecule has 2 aromatic rings. The van der Waals surface area contributed by atoms with Gasteiger partial charge in [-0.15, -0.1) is 10.2 Å². The summed E-state index contributed by atoms with van der Waals surface area (Å²) in [5.74, 6) is -0.660. The Hall–Kier alpha value is -2.51. The van der Waals surface area contributed by atoms with Crippen LogP contribution in [0.1, 0.15) is 36.8 Å². The van der Waals surface area contributed by atoms with E-state index in [9.17, 15) is 8.78 Å². The summed E-state index contributed by atoms with van der Waals surface area (Å²) in [5, 5.41) is 10.8. The second-order valence-electron chi connectivity index (χ2n) is 5.60. The van der Waals surface area contributed by atoms with E-state index in [0.717, 1.165) is 31.5 Å². The van der Waals surface area contributed by atoms with Gasteiger partial charge >= 0.3 is 6.43 Å². The van der Waals surface area contributed by atoms with Crippen molar-refractivity contribution in [3.63, 3.8) is 0 Å². The predicted octanol–water partition coefficient (Wildman–Crippen LogP) is 4.12. The Morgan fingerprint density at radius 1 is 1.21 bits per heavy atom. The SMILES string of the molecule is [N-]=[N+]=NC(CN1CCCC1)c1ccc(-c2nnc(C(F)F)o2)cc1. The Kier molecular flexibility index (Phi) is 5.02. The van der Waals surface area contributed by atoms with Crippen LogP contribution in [0.5, 0.6) is 0 Å². The van der Waals surface area contributed by atoms with Gasteiger partial charge < -0.3 is 9.32 Å². The lowest BCUT2D eigenvalue weighted by Crippen LogP contribution is -2.24. The third kappa shape index (κ3) is 3.69. The van der Waals surface area contributed by atoms with Crippen LogP contribution in [0, 0.1) is 0 Å². The molecule has 1 fully saturated rings. The number of nitrogens with zero attached hydrogens (tertiary/aromatic N) is 6. The van der Waals surface area contributed by atoms with E-state index in [1.165, 1.54) is 0 Å². The number of benzene rings is 1. The molecule has 1 aliphatic rings. The number of aromatic nitrogens is 2. The first-order chi connectivity index (χ1) is 11.7. The molecule has 9 heteroatoms. The van der Waals surface area contributed by atoms with Gasteiger partial charge in [0, 0.05) is 17.0 Å². The van der Waals surface area contributed by atoms with Crippen molar-refractivity contribution in [3.05, 3.63) is 46.2 Å². The highest BCUT2D eigenvalue weighted by Crippen LogP contribution is 2.26. The first kappa shape index (κ1) is 16.4. The van der Waals surface area contributed by atoms with Gasteiger partial charge in [0.1, 0.15) is 0 Å². The lowest BCUT2D eigenvalue weighted by atomic mass is 10.0. The van der Waals surface area contributed by atoms with Crippen molar-refractivity contribution in [2.75, 3.05) is 19.6 Å². The number of rotatable bonds is 6. The van der Waals surface area contributed by atoms with Crippen molar-refractivity contribution < 1.29 is 13.2 Å². The Morgan fingerprint density at radius 2 is 1.92 bits per heavy atom. The Balaban J connectivity index is 1.76. The van der Waals surface area contributed by atoms with Crippen molar-refractivity contribution in [1.29, 1.82) is 0 Å². The molecule has 0 saturated carbocycles. The summed E-state index contributed by atoms with van der Waals surface area (Å²) in [6, 6.07) is 6.68. The molecular formula is C15H16F2N6O. The lowest BCUT2D eigenvalue weighted by molar-refractivity contribution is 0.116. The summed E-state index contributed by atoms with van der Waals surface area (Å²) in [7, 11) is 0. The molecule has 1 aromatic heterocycles. The minimum Gasteiger partial charge on any atom is -0.415 e. The maximum atomic E-state index is 12.5. The maximum absolute atomic E-state index is 12.5. The third-order valence-corrected chi connectivity index (χ3v) is 3.99. The van der Waals surface area contributed by atoms with Gasteiger partial charge in [-0.25, -0.2) is 0 Å². The summed E-state index contributed by atoms with van der Waals surface area (Å²) in [4.78, 5) is 5.20. The van der Waals surface area contributed by atoms with Gasteiger partial charge in [-0.1, -0.05) is 17.2 Å². The number of likely N-dealkylation sites (tertiary alicyclic amines) is 1. The predicted molar refractivity (Wildman–Crippen MR) is 82.3 cm³/mol. The smallest absolute Gasteiger partial charge is 0.314 e. The molecule has 7 nitrogen and oxygen atoms in total. The second-order valence-corrected chi connectivity index (χ2v) is 5.60. The fourth-order valence-corrected chi connectivity index (χ4v) is 2.77. The van der Waals surface area contributed by atoms with E-state index in [1.54, 1.807) is 24.3 Å². The third-order valence-electron chi connectivity index (χ3n) is 3.99. The fraction of sp³-hybridized carbons (Fsp3) is 0.467. The minimum absolute atomic E-state index is 0.0386.